The number of pyridine rings is 1. The quantitative estimate of drug-likeness (QED) is 0.263. The maximum absolute atomic E-state index is 10.2. The molecule has 1 heterocycles. The van der Waals surface area contributed by atoms with Crippen molar-refractivity contribution in [3.05, 3.63) is 65.5 Å². The zero-order chi connectivity index (χ0) is 22.3. The van der Waals surface area contributed by atoms with E-state index in [1.165, 1.54) is 0 Å². The van der Waals surface area contributed by atoms with Gasteiger partial charge in [0.25, 0.3) is 0 Å². The minimum atomic E-state index is -0.963. The van der Waals surface area contributed by atoms with Gasteiger partial charge in [-0.15, -0.1) is 0 Å². The molecule has 2 N–H and O–H groups in total. The number of anilines is 1. The highest BCUT2D eigenvalue weighted by atomic mass is 35.5. The van der Waals surface area contributed by atoms with E-state index in [-0.39, 0.29) is 0 Å². The van der Waals surface area contributed by atoms with Crippen LogP contribution in [0.3, 0.4) is 0 Å². The highest BCUT2D eigenvalue weighted by molar-refractivity contribution is 6.34. The van der Waals surface area contributed by atoms with E-state index in [9.17, 15) is 5.11 Å². The molecule has 0 saturated carbocycles. The van der Waals surface area contributed by atoms with Gasteiger partial charge in [-0.2, -0.15) is 0 Å². The van der Waals surface area contributed by atoms with Gasteiger partial charge in [0, 0.05) is 30.0 Å². The molecule has 0 fully saturated rings. The third kappa shape index (κ3) is 6.54. The first-order chi connectivity index (χ1) is 14.1. The molecule has 0 radical (unpaired) electrons. The van der Waals surface area contributed by atoms with Crippen LogP contribution < -0.4 is 5.32 Å². The first-order valence-corrected chi connectivity index (χ1v) is 10.6. The lowest BCUT2D eigenvalue weighted by Crippen LogP contribution is -2.28. The molecular weight excluding hydrogens is 394 g/mol. The molecule has 5 heteroatoms. The van der Waals surface area contributed by atoms with Gasteiger partial charge in [-0.1, -0.05) is 55.3 Å². The summed E-state index contributed by atoms with van der Waals surface area (Å²) in [7, 11) is 0. The second-order valence-electron chi connectivity index (χ2n) is 8.07. The van der Waals surface area contributed by atoms with Crippen molar-refractivity contribution >= 4 is 39.5 Å². The molecule has 0 spiro atoms. The summed E-state index contributed by atoms with van der Waals surface area (Å²) < 4.78 is 0. The van der Waals surface area contributed by atoms with Crippen LogP contribution in [0.15, 0.2) is 59.9 Å². The van der Waals surface area contributed by atoms with E-state index in [1.54, 1.807) is 26.2 Å². The Morgan fingerprint density at radius 2 is 2.07 bits per heavy atom. The average molecular weight is 426 g/mol. The third-order valence-electron chi connectivity index (χ3n) is 4.76. The van der Waals surface area contributed by atoms with Crippen LogP contribution in [-0.4, -0.2) is 27.9 Å². The number of aromatic nitrogens is 1. The molecule has 0 amide bonds. The van der Waals surface area contributed by atoms with Crippen molar-refractivity contribution in [3.63, 3.8) is 0 Å². The second-order valence-corrected chi connectivity index (χ2v) is 8.48. The molecule has 160 valence electrons. The Balaban J connectivity index is 2.58. The molecule has 0 unspecified atom stereocenters. The lowest BCUT2D eigenvalue weighted by Gasteiger charge is -2.16. The van der Waals surface area contributed by atoms with Crippen LogP contribution in [0.4, 0.5) is 5.69 Å². The molecule has 0 bridgehead atoms. The van der Waals surface area contributed by atoms with Gasteiger partial charge in [0.05, 0.1) is 21.8 Å². The van der Waals surface area contributed by atoms with Gasteiger partial charge in [-0.3, -0.25) is 9.98 Å². The van der Waals surface area contributed by atoms with Gasteiger partial charge >= 0.3 is 0 Å². The van der Waals surface area contributed by atoms with Gasteiger partial charge in [0.2, 0.25) is 0 Å². The van der Waals surface area contributed by atoms with Gasteiger partial charge in [0.1, 0.15) is 0 Å². The van der Waals surface area contributed by atoms with Crippen LogP contribution >= 0.6 is 11.6 Å². The number of hydrogen-bond acceptors (Lipinski definition) is 4. The minimum Gasteiger partial charge on any atom is -0.385 e. The average Bonchev–Trinajstić information content (AvgIpc) is 2.68. The molecule has 4 nitrogen and oxygen atoms in total. The fourth-order valence-electron chi connectivity index (χ4n) is 2.68. The number of unbranched alkanes of at least 4 members (excludes halogenated alkanes) is 1. The van der Waals surface area contributed by atoms with Gasteiger partial charge < -0.3 is 10.4 Å². The Morgan fingerprint density at radius 1 is 1.33 bits per heavy atom. The lowest BCUT2D eigenvalue weighted by molar-refractivity contribution is 0.153. The smallest absolute Gasteiger partial charge is 0.0967 e. The predicted octanol–water partition coefficient (Wildman–Crippen LogP) is 6.81. The lowest BCUT2D eigenvalue weighted by atomic mass is 10.0. The Hall–Kier alpha value is -2.43. The number of hydrogen-bond donors (Lipinski definition) is 2. The van der Waals surface area contributed by atoms with Gasteiger partial charge in [-0.25, -0.2) is 0 Å². The molecule has 1 aromatic heterocycles. The Labute approximate surface area is 185 Å². The molecule has 0 aliphatic heterocycles. The van der Waals surface area contributed by atoms with Crippen molar-refractivity contribution in [2.24, 2.45) is 4.99 Å². The molecule has 30 heavy (non-hydrogen) atoms. The van der Waals surface area contributed by atoms with E-state index < -0.39 is 5.60 Å². The van der Waals surface area contributed by atoms with Gasteiger partial charge in [-0.05, 0) is 57.4 Å². The summed E-state index contributed by atoms with van der Waals surface area (Å²) in [5.74, 6) is 0. The second kappa shape index (κ2) is 10.6. The summed E-state index contributed by atoms with van der Waals surface area (Å²) in [6.45, 7) is 14.0. The Morgan fingerprint density at radius 3 is 2.70 bits per heavy atom. The highest BCUT2D eigenvalue weighted by Crippen LogP contribution is 2.32. The normalized spacial score (nSPS) is 13.3. The Kier molecular flexibility index (Phi) is 8.39. The largest absolute Gasteiger partial charge is 0.385 e. The summed E-state index contributed by atoms with van der Waals surface area (Å²) in [6, 6.07) is 6.09. The minimum absolute atomic E-state index is 0.573. The molecule has 1 aromatic carbocycles. The number of halogens is 1. The zero-order valence-corrected chi connectivity index (χ0v) is 19.3. The summed E-state index contributed by atoms with van der Waals surface area (Å²) in [6.07, 6.45) is 9.74. The number of aliphatic imine (C=N–C) groups is 1. The predicted molar refractivity (Wildman–Crippen MR) is 131 cm³/mol. The van der Waals surface area contributed by atoms with Crippen molar-refractivity contribution in [1.82, 2.24) is 4.98 Å². The van der Waals surface area contributed by atoms with E-state index in [0.29, 0.717) is 17.3 Å². The maximum atomic E-state index is 10.2. The molecule has 0 aliphatic carbocycles. The molecule has 2 rings (SSSR count). The Bertz CT molecular complexity index is 997. The number of allylic oxidation sites excluding steroid dienone is 3. The summed E-state index contributed by atoms with van der Waals surface area (Å²) in [5, 5.41) is 15.1. The van der Waals surface area contributed by atoms with E-state index in [0.717, 1.165) is 46.1 Å². The number of nitrogens with zero attached hydrogens (tertiary/aromatic N) is 2. The number of rotatable bonds is 9. The zero-order valence-electron chi connectivity index (χ0n) is 18.6. The molecule has 0 aliphatic rings. The van der Waals surface area contributed by atoms with Gasteiger partial charge in [0.15, 0.2) is 0 Å². The van der Waals surface area contributed by atoms with Crippen LogP contribution in [0.25, 0.3) is 16.5 Å². The maximum Gasteiger partial charge on any atom is 0.0967 e. The first kappa shape index (κ1) is 23.8. The van der Waals surface area contributed by atoms with Crippen molar-refractivity contribution in [2.45, 2.75) is 53.1 Å². The standard InChI is InChI=1S/C25H32ClN3O/c1-7-8-9-10-20(15-27-18(4)25(5,6)30)19-11-12-23-21(13-19)24(22(26)16-28-23)29-14-17(2)3/h9-13,15-16,30H,2,7-8,14H2,1,3-6H3,(H,28,29)/b10-9+,20-15+,27-18?. The number of aliphatic hydroxyl groups is 1. The molecule has 2 aromatic rings. The van der Waals surface area contributed by atoms with E-state index in [4.69, 9.17) is 11.6 Å². The summed E-state index contributed by atoms with van der Waals surface area (Å²) in [5.41, 5.74) is 4.38. The highest BCUT2D eigenvalue weighted by Gasteiger charge is 2.16. The van der Waals surface area contributed by atoms with Crippen molar-refractivity contribution in [1.29, 1.82) is 0 Å². The first-order valence-electron chi connectivity index (χ1n) is 10.2. The van der Waals surface area contributed by atoms with Crippen molar-refractivity contribution in [2.75, 3.05) is 11.9 Å². The van der Waals surface area contributed by atoms with Crippen molar-refractivity contribution < 1.29 is 5.11 Å². The molecule has 0 saturated heterocycles. The van der Waals surface area contributed by atoms with Crippen molar-refractivity contribution in [3.8, 4) is 0 Å². The van der Waals surface area contributed by atoms with E-state index in [2.05, 4.69) is 47.0 Å². The number of benzene rings is 1. The number of nitrogens with one attached hydrogen (secondary N) is 1. The topological polar surface area (TPSA) is 57.5 Å². The summed E-state index contributed by atoms with van der Waals surface area (Å²) in [4.78, 5) is 8.97. The fraction of sp³-hybridized carbons (Fsp3) is 0.360. The SMILES string of the molecule is C=C(C)CNc1c(Cl)cnc2ccc(C(/C=C/CCC)=C/N=C(C)C(C)(C)O)cc12. The molecule has 0 atom stereocenters. The van der Waals surface area contributed by atoms with Crippen LogP contribution in [-0.2, 0) is 0 Å². The fourth-order valence-corrected chi connectivity index (χ4v) is 2.90. The van der Waals surface area contributed by atoms with Crippen LogP contribution in [0.5, 0.6) is 0 Å². The van der Waals surface area contributed by atoms with E-state index >= 15 is 0 Å². The number of fused-ring (bicyclic) bond motifs is 1. The van der Waals surface area contributed by atoms with Crippen LogP contribution in [0, 0.1) is 0 Å². The van der Waals surface area contributed by atoms with Crippen LogP contribution in [0.2, 0.25) is 5.02 Å². The monoisotopic (exact) mass is 425 g/mol. The summed E-state index contributed by atoms with van der Waals surface area (Å²) >= 11 is 6.44. The third-order valence-corrected chi connectivity index (χ3v) is 5.04. The molecular formula is C25H32ClN3O. The van der Waals surface area contributed by atoms with E-state index in [1.807, 2.05) is 26.0 Å². The van der Waals surface area contributed by atoms with Crippen LogP contribution in [0.1, 0.15) is 53.0 Å².